The number of rotatable bonds is 5. The summed E-state index contributed by atoms with van der Waals surface area (Å²) < 4.78 is 10.9. The van der Waals surface area contributed by atoms with Gasteiger partial charge in [-0.05, 0) is 30.2 Å². The molecular weight excluding hydrogens is 288 g/mol. The van der Waals surface area contributed by atoms with E-state index in [1.165, 1.54) is 5.56 Å². The molecule has 4 nitrogen and oxygen atoms in total. The molecule has 3 aromatic rings. The molecule has 0 spiro atoms. The van der Waals surface area contributed by atoms with E-state index in [2.05, 4.69) is 48.6 Å². The van der Waals surface area contributed by atoms with Crippen LogP contribution in [0, 0.1) is 6.92 Å². The fourth-order valence-corrected chi connectivity index (χ4v) is 2.74. The highest BCUT2D eigenvalue weighted by atomic mass is 16.5. The maximum atomic E-state index is 5.48. The van der Waals surface area contributed by atoms with Gasteiger partial charge in [0.25, 0.3) is 0 Å². The summed E-state index contributed by atoms with van der Waals surface area (Å²) in [5.41, 5.74) is 3.08. The molecule has 1 N–H and O–H groups in total. The van der Waals surface area contributed by atoms with Gasteiger partial charge < -0.3 is 14.6 Å². The standard InChI is InChI=1S/C19H22N2O2/c1-13-10-15(22-4)17-16(11-13)23-21-18(17)20-12-19(2,3)14-8-6-5-7-9-14/h5-11H,12H2,1-4H3,(H,20,21). The summed E-state index contributed by atoms with van der Waals surface area (Å²) in [6.45, 7) is 7.17. The van der Waals surface area contributed by atoms with Crippen molar-refractivity contribution in [3.05, 3.63) is 53.6 Å². The average molecular weight is 310 g/mol. The monoisotopic (exact) mass is 310 g/mol. The third-order valence-corrected chi connectivity index (χ3v) is 4.16. The van der Waals surface area contributed by atoms with Crippen molar-refractivity contribution in [3.63, 3.8) is 0 Å². The van der Waals surface area contributed by atoms with Crippen LogP contribution in [0.5, 0.6) is 5.75 Å². The van der Waals surface area contributed by atoms with Crippen LogP contribution in [0.3, 0.4) is 0 Å². The lowest BCUT2D eigenvalue weighted by Gasteiger charge is -2.25. The average Bonchev–Trinajstić information content (AvgIpc) is 2.96. The number of hydrogen-bond acceptors (Lipinski definition) is 4. The SMILES string of the molecule is COc1cc(C)cc2onc(NCC(C)(C)c3ccccc3)c12. The fourth-order valence-electron chi connectivity index (χ4n) is 2.74. The highest BCUT2D eigenvalue weighted by molar-refractivity contribution is 5.94. The molecule has 0 saturated carbocycles. The van der Waals surface area contributed by atoms with Gasteiger partial charge in [-0.2, -0.15) is 0 Å². The molecule has 0 aliphatic heterocycles. The Morgan fingerprint density at radius 2 is 1.91 bits per heavy atom. The quantitative estimate of drug-likeness (QED) is 0.752. The predicted molar refractivity (Wildman–Crippen MR) is 93.3 cm³/mol. The summed E-state index contributed by atoms with van der Waals surface area (Å²) in [7, 11) is 1.67. The van der Waals surface area contributed by atoms with Crippen LogP contribution in [-0.2, 0) is 5.41 Å². The predicted octanol–water partition coefficient (Wildman–Crippen LogP) is 4.53. The molecule has 0 saturated heterocycles. The fraction of sp³-hybridized carbons (Fsp3) is 0.316. The topological polar surface area (TPSA) is 47.3 Å². The van der Waals surface area contributed by atoms with Crippen LogP contribution in [0.1, 0.15) is 25.0 Å². The molecule has 0 aliphatic rings. The molecule has 1 heterocycles. The van der Waals surface area contributed by atoms with Crippen LogP contribution in [0.2, 0.25) is 0 Å². The van der Waals surface area contributed by atoms with Gasteiger partial charge >= 0.3 is 0 Å². The van der Waals surface area contributed by atoms with E-state index >= 15 is 0 Å². The second kappa shape index (κ2) is 5.95. The minimum absolute atomic E-state index is 0.0233. The highest BCUT2D eigenvalue weighted by Crippen LogP contribution is 2.34. The first-order valence-electron chi connectivity index (χ1n) is 7.75. The summed E-state index contributed by atoms with van der Waals surface area (Å²) in [5, 5.41) is 8.48. The first-order chi connectivity index (χ1) is 11.0. The summed E-state index contributed by atoms with van der Waals surface area (Å²) in [4.78, 5) is 0. The van der Waals surface area contributed by atoms with Gasteiger partial charge in [0.2, 0.25) is 0 Å². The van der Waals surface area contributed by atoms with E-state index in [0.29, 0.717) is 0 Å². The van der Waals surface area contributed by atoms with Crippen molar-refractivity contribution >= 4 is 16.8 Å². The Morgan fingerprint density at radius 1 is 1.17 bits per heavy atom. The molecule has 0 aliphatic carbocycles. The zero-order chi connectivity index (χ0) is 16.4. The van der Waals surface area contributed by atoms with Crippen LogP contribution < -0.4 is 10.1 Å². The minimum atomic E-state index is -0.0233. The van der Waals surface area contributed by atoms with E-state index in [1.807, 2.05) is 25.1 Å². The number of nitrogens with one attached hydrogen (secondary N) is 1. The Kier molecular flexibility index (Phi) is 3.99. The van der Waals surface area contributed by atoms with Crippen molar-refractivity contribution in [1.82, 2.24) is 5.16 Å². The van der Waals surface area contributed by atoms with Crippen LogP contribution >= 0.6 is 0 Å². The second-order valence-electron chi connectivity index (χ2n) is 6.47. The van der Waals surface area contributed by atoms with Crippen molar-refractivity contribution in [2.75, 3.05) is 19.0 Å². The molecule has 0 atom stereocenters. The normalized spacial score (nSPS) is 11.7. The second-order valence-corrected chi connectivity index (χ2v) is 6.47. The summed E-state index contributed by atoms with van der Waals surface area (Å²) in [6, 6.07) is 14.4. The smallest absolute Gasteiger partial charge is 0.181 e. The lowest BCUT2D eigenvalue weighted by atomic mass is 9.84. The van der Waals surface area contributed by atoms with Gasteiger partial charge in [0.1, 0.15) is 11.1 Å². The van der Waals surface area contributed by atoms with Crippen molar-refractivity contribution in [2.24, 2.45) is 0 Å². The summed E-state index contributed by atoms with van der Waals surface area (Å²) >= 11 is 0. The van der Waals surface area contributed by atoms with Gasteiger partial charge in [-0.3, -0.25) is 0 Å². The number of methoxy groups -OCH3 is 1. The van der Waals surface area contributed by atoms with Gasteiger partial charge in [0.15, 0.2) is 11.4 Å². The first-order valence-corrected chi connectivity index (χ1v) is 7.75. The van der Waals surface area contributed by atoms with Crippen molar-refractivity contribution in [2.45, 2.75) is 26.2 Å². The Morgan fingerprint density at radius 3 is 2.61 bits per heavy atom. The van der Waals surface area contributed by atoms with E-state index in [1.54, 1.807) is 7.11 Å². The number of hydrogen-bond donors (Lipinski definition) is 1. The van der Waals surface area contributed by atoms with E-state index in [4.69, 9.17) is 9.26 Å². The molecule has 3 rings (SSSR count). The molecule has 1 aromatic heterocycles. The van der Waals surface area contributed by atoms with Crippen LogP contribution in [0.4, 0.5) is 5.82 Å². The Labute approximate surface area is 136 Å². The van der Waals surface area contributed by atoms with E-state index < -0.39 is 0 Å². The Balaban J connectivity index is 1.88. The lowest BCUT2D eigenvalue weighted by Crippen LogP contribution is -2.27. The van der Waals surface area contributed by atoms with Gasteiger partial charge in [-0.1, -0.05) is 49.3 Å². The van der Waals surface area contributed by atoms with Crippen LogP contribution in [-0.4, -0.2) is 18.8 Å². The Bertz CT molecular complexity index is 807. The number of nitrogens with zero attached hydrogens (tertiary/aromatic N) is 1. The lowest BCUT2D eigenvalue weighted by molar-refractivity contribution is 0.419. The van der Waals surface area contributed by atoms with E-state index in [-0.39, 0.29) is 5.41 Å². The molecule has 4 heteroatoms. The first kappa shape index (κ1) is 15.4. The summed E-state index contributed by atoms with van der Waals surface area (Å²) in [5.74, 6) is 1.50. The minimum Gasteiger partial charge on any atom is -0.496 e. The highest BCUT2D eigenvalue weighted by Gasteiger charge is 2.22. The molecule has 120 valence electrons. The maximum absolute atomic E-state index is 5.48. The number of aryl methyl sites for hydroxylation is 1. The molecule has 0 amide bonds. The van der Waals surface area contributed by atoms with Gasteiger partial charge in [0.05, 0.1) is 7.11 Å². The Hall–Kier alpha value is -2.49. The van der Waals surface area contributed by atoms with Crippen molar-refractivity contribution in [1.29, 1.82) is 0 Å². The van der Waals surface area contributed by atoms with Crippen molar-refractivity contribution in [3.8, 4) is 5.75 Å². The third-order valence-electron chi connectivity index (χ3n) is 4.16. The maximum Gasteiger partial charge on any atom is 0.181 e. The molecule has 0 fully saturated rings. The van der Waals surface area contributed by atoms with Gasteiger partial charge in [-0.15, -0.1) is 0 Å². The zero-order valence-electron chi connectivity index (χ0n) is 14.0. The molecule has 23 heavy (non-hydrogen) atoms. The summed E-state index contributed by atoms with van der Waals surface area (Å²) in [6.07, 6.45) is 0. The number of benzene rings is 2. The molecular formula is C19H22N2O2. The largest absolute Gasteiger partial charge is 0.496 e. The van der Waals surface area contributed by atoms with Crippen LogP contribution in [0.15, 0.2) is 47.0 Å². The molecule has 0 unspecified atom stereocenters. The van der Waals surface area contributed by atoms with Gasteiger partial charge in [0, 0.05) is 12.0 Å². The molecule has 2 aromatic carbocycles. The third kappa shape index (κ3) is 3.02. The number of fused-ring (bicyclic) bond motifs is 1. The van der Waals surface area contributed by atoms with Crippen LogP contribution in [0.25, 0.3) is 11.0 Å². The van der Waals surface area contributed by atoms with Gasteiger partial charge in [-0.25, -0.2) is 0 Å². The molecule has 0 bridgehead atoms. The zero-order valence-corrected chi connectivity index (χ0v) is 14.0. The number of anilines is 1. The van der Waals surface area contributed by atoms with Crippen molar-refractivity contribution < 1.29 is 9.26 Å². The number of aromatic nitrogens is 1. The number of ether oxygens (including phenoxy) is 1. The van der Waals surface area contributed by atoms with E-state index in [0.717, 1.165) is 34.6 Å². The molecule has 0 radical (unpaired) electrons. The van der Waals surface area contributed by atoms with E-state index in [9.17, 15) is 0 Å².